The van der Waals surface area contributed by atoms with Gasteiger partial charge in [0.25, 0.3) is 0 Å². The number of rotatable bonds is 9. The van der Waals surface area contributed by atoms with Crippen molar-refractivity contribution in [3.8, 4) is 0 Å². The molecule has 0 heterocycles. The molecule has 0 fully saturated rings. The van der Waals surface area contributed by atoms with Crippen LogP contribution in [0.15, 0.2) is 28.7 Å². The fraction of sp³-hybridized carbons (Fsp3) is 0.647. The summed E-state index contributed by atoms with van der Waals surface area (Å²) in [5.41, 5.74) is 1.20. The molecule has 114 valence electrons. The Kier molecular flexibility index (Phi) is 8.24. The van der Waals surface area contributed by atoms with Gasteiger partial charge in [0.15, 0.2) is 0 Å². The monoisotopic (exact) mass is 340 g/mol. The van der Waals surface area contributed by atoms with Crippen molar-refractivity contribution in [2.45, 2.75) is 46.6 Å². The van der Waals surface area contributed by atoms with Gasteiger partial charge in [-0.2, -0.15) is 0 Å². The van der Waals surface area contributed by atoms with E-state index in [-0.39, 0.29) is 0 Å². The Morgan fingerprint density at radius 3 is 2.20 bits per heavy atom. The van der Waals surface area contributed by atoms with Gasteiger partial charge in [-0.25, -0.2) is 0 Å². The number of nitrogens with zero attached hydrogens (tertiary/aromatic N) is 1. The van der Waals surface area contributed by atoms with Gasteiger partial charge in [0, 0.05) is 35.8 Å². The van der Waals surface area contributed by atoms with Gasteiger partial charge in [0.05, 0.1) is 0 Å². The normalized spacial score (nSPS) is 11.6. The lowest BCUT2D eigenvalue weighted by Gasteiger charge is -2.32. The summed E-state index contributed by atoms with van der Waals surface area (Å²) in [4.78, 5) is 2.64. The first-order chi connectivity index (χ1) is 9.56. The summed E-state index contributed by atoms with van der Waals surface area (Å²) in [6.07, 6.45) is 2.48. The molecular weight excluding hydrogens is 312 g/mol. The van der Waals surface area contributed by atoms with Gasteiger partial charge in [-0.05, 0) is 43.0 Å². The van der Waals surface area contributed by atoms with Crippen LogP contribution in [0.2, 0.25) is 0 Å². The molecule has 20 heavy (non-hydrogen) atoms. The van der Waals surface area contributed by atoms with Gasteiger partial charge >= 0.3 is 0 Å². The summed E-state index contributed by atoms with van der Waals surface area (Å²) >= 11 is 3.47. The van der Waals surface area contributed by atoms with Gasteiger partial charge in [-0.3, -0.25) is 4.90 Å². The number of nitrogens with one attached hydrogen (secondary N) is 1. The van der Waals surface area contributed by atoms with E-state index in [0.29, 0.717) is 6.04 Å². The molecule has 1 rings (SSSR count). The molecule has 3 heteroatoms. The van der Waals surface area contributed by atoms with Gasteiger partial charge in [0.1, 0.15) is 0 Å². The maximum atomic E-state index is 3.52. The van der Waals surface area contributed by atoms with Crippen LogP contribution in [0.4, 0.5) is 5.69 Å². The molecule has 0 saturated heterocycles. The zero-order valence-electron chi connectivity index (χ0n) is 13.3. The lowest BCUT2D eigenvalue weighted by Crippen LogP contribution is -2.40. The molecule has 1 N–H and O–H groups in total. The minimum absolute atomic E-state index is 0.712. The fourth-order valence-electron chi connectivity index (χ4n) is 2.61. The standard InChI is InChI=1S/C17H29BrN2/c1-5-17(6-2)20(13-14(3)4)12-11-19-16-9-7-15(18)8-10-16/h7-10,14,17,19H,5-6,11-13H2,1-4H3. The molecule has 2 nitrogen and oxygen atoms in total. The zero-order valence-corrected chi connectivity index (χ0v) is 14.9. The average Bonchev–Trinajstić information content (AvgIpc) is 2.41. The Morgan fingerprint density at radius 2 is 1.70 bits per heavy atom. The van der Waals surface area contributed by atoms with E-state index in [0.717, 1.165) is 23.5 Å². The maximum absolute atomic E-state index is 3.52. The second-order valence-electron chi connectivity index (χ2n) is 5.79. The summed E-state index contributed by atoms with van der Waals surface area (Å²) in [6.45, 7) is 12.5. The van der Waals surface area contributed by atoms with E-state index < -0.39 is 0 Å². The Balaban J connectivity index is 2.46. The van der Waals surface area contributed by atoms with Crippen molar-refractivity contribution < 1.29 is 0 Å². The molecule has 0 aromatic heterocycles. The SMILES string of the molecule is CCC(CC)N(CCNc1ccc(Br)cc1)CC(C)C. The van der Waals surface area contributed by atoms with E-state index in [1.807, 2.05) is 0 Å². The number of halogens is 1. The second-order valence-corrected chi connectivity index (χ2v) is 6.71. The molecular formula is C17H29BrN2. The molecule has 0 aliphatic rings. The summed E-state index contributed by atoms with van der Waals surface area (Å²) in [7, 11) is 0. The van der Waals surface area contributed by atoms with E-state index in [4.69, 9.17) is 0 Å². The van der Waals surface area contributed by atoms with Crippen molar-refractivity contribution in [1.29, 1.82) is 0 Å². The zero-order chi connectivity index (χ0) is 15.0. The van der Waals surface area contributed by atoms with E-state index in [2.05, 4.69) is 78.1 Å². The van der Waals surface area contributed by atoms with Crippen molar-refractivity contribution in [3.05, 3.63) is 28.7 Å². The Hall–Kier alpha value is -0.540. The van der Waals surface area contributed by atoms with Gasteiger partial charge in [0.2, 0.25) is 0 Å². The first kappa shape index (κ1) is 17.5. The molecule has 1 aromatic rings. The van der Waals surface area contributed by atoms with Crippen molar-refractivity contribution in [2.75, 3.05) is 25.0 Å². The van der Waals surface area contributed by atoms with E-state index in [1.54, 1.807) is 0 Å². The molecule has 0 unspecified atom stereocenters. The molecule has 0 aliphatic heterocycles. The van der Waals surface area contributed by atoms with Crippen LogP contribution in [0.1, 0.15) is 40.5 Å². The molecule has 0 saturated carbocycles. The summed E-state index contributed by atoms with van der Waals surface area (Å²) in [5, 5.41) is 3.52. The first-order valence-corrected chi connectivity index (χ1v) is 8.59. The summed E-state index contributed by atoms with van der Waals surface area (Å²) < 4.78 is 1.13. The van der Waals surface area contributed by atoms with Crippen molar-refractivity contribution in [2.24, 2.45) is 5.92 Å². The Bertz CT molecular complexity index is 358. The third-order valence-electron chi connectivity index (χ3n) is 3.63. The number of hydrogen-bond acceptors (Lipinski definition) is 2. The smallest absolute Gasteiger partial charge is 0.0341 e. The highest BCUT2D eigenvalue weighted by atomic mass is 79.9. The van der Waals surface area contributed by atoms with Crippen LogP contribution in [0, 0.1) is 5.92 Å². The lowest BCUT2D eigenvalue weighted by molar-refractivity contribution is 0.172. The van der Waals surface area contributed by atoms with Crippen molar-refractivity contribution in [1.82, 2.24) is 4.90 Å². The lowest BCUT2D eigenvalue weighted by atomic mass is 10.1. The fourth-order valence-corrected chi connectivity index (χ4v) is 2.87. The van der Waals surface area contributed by atoms with Crippen molar-refractivity contribution >= 4 is 21.6 Å². The van der Waals surface area contributed by atoms with Gasteiger partial charge in [-0.1, -0.05) is 43.6 Å². The molecule has 0 amide bonds. The Labute approximate surface area is 133 Å². The molecule has 0 aliphatic carbocycles. The minimum Gasteiger partial charge on any atom is -0.384 e. The predicted molar refractivity (Wildman–Crippen MR) is 93.4 cm³/mol. The van der Waals surface area contributed by atoms with Crippen LogP contribution in [-0.2, 0) is 0 Å². The molecule has 0 radical (unpaired) electrons. The highest BCUT2D eigenvalue weighted by molar-refractivity contribution is 9.10. The summed E-state index contributed by atoms with van der Waals surface area (Å²) in [5.74, 6) is 0.725. The quantitative estimate of drug-likeness (QED) is 0.679. The molecule has 0 bridgehead atoms. The Morgan fingerprint density at radius 1 is 1.10 bits per heavy atom. The number of anilines is 1. The van der Waals surface area contributed by atoms with E-state index >= 15 is 0 Å². The molecule has 0 atom stereocenters. The maximum Gasteiger partial charge on any atom is 0.0341 e. The number of hydrogen-bond donors (Lipinski definition) is 1. The summed E-state index contributed by atoms with van der Waals surface area (Å²) in [6, 6.07) is 9.11. The highest BCUT2D eigenvalue weighted by Gasteiger charge is 2.15. The number of benzene rings is 1. The van der Waals surface area contributed by atoms with Crippen LogP contribution >= 0.6 is 15.9 Å². The third kappa shape index (κ3) is 6.27. The minimum atomic E-state index is 0.712. The average molecular weight is 341 g/mol. The predicted octanol–water partition coefficient (Wildman–Crippen LogP) is 5.01. The van der Waals surface area contributed by atoms with E-state index in [1.165, 1.54) is 25.1 Å². The van der Waals surface area contributed by atoms with Crippen LogP contribution in [-0.4, -0.2) is 30.6 Å². The largest absolute Gasteiger partial charge is 0.384 e. The molecule has 1 aromatic carbocycles. The van der Waals surface area contributed by atoms with Crippen LogP contribution in [0.25, 0.3) is 0 Å². The molecule has 0 spiro atoms. The van der Waals surface area contributed by atoms with Gasteiger partial charge in [-0.15, -0.1) is 0 Å². The third-order valence-corrected chi connectivity index (χ3v) is 4.16. The van der Waals surface area contributed by atoms with Crippen LogP contribution in [0.3, 0.4) is 0 Å². The second kappa shape index (κ2) is 9.41. The van der Waals surface area contributed by atoms with E-state index in [9.17, 15) is 0 Å². The van der Waals surface area contributed by atoms with Crippen LogP contribution < -0.4 is 5.32 Å². The van der Waals surface area contributed by atoms with Crippen molar-refractivity contribution in [3.63, 3.8) is 0 Å². The van der Waals surface area contributed by atoms with Crippen LogP contribution in [0.5, 0.6) is 0 Å². The first-order valence-electron chi connectivity index (χ1n) is 7.80. The highest BCUT2D eigenvalue weighted by Crippen LogP contribution is 2.15. The van der Waals surface area contributed by atoms with Gasteiger partial charge < -0.3 is 5.32 Å². The topological polar surface area (TPSA) is 15.3 Å².